The van der Waals surface area contributed by atoms with E-state index in [0.717, 1.165) is 5.56 Å². The van der Waals surface area contributed by atoms with E-state index >= 15 is 0 Å². The van der Waals surface area contributed by atoms with E-state index in [9.17, 15) is 39.0 Å². The van der Waals surface area contributed by atoms with Crippen molar-refractivity contribution in [2.75, 3.05) is 19.0 Å². The molecule has 220 valence electrons. The average molecular weight is 580 g/mol. The lowest BCUT2D eigenvalue weighted by Gasteiger charge is -2.27. The third-order valence-corrected chi connectivity index (χ3v) is 7.01. The summed E-state index contributed by atoms with van der Waals surface area (Å²) in [5, 5.41) is 31.2. The lowest BCUT2D eigenvalue weighted by molar-refractivity contribution is -0.136. The minimum Gasteiger partial charge on any atom is -0.394 e. The molecule has 1 aliphatic rings. The molecule has 5 amide bonds. The summed E-state index contributed by atoms with van der Waals surface area (Å²) in [5.74, 6) is -4.20. The summed E-state index contributed by atoms with van der Waals surface area (Å²) in [6.07, 6.45) is 0.322. The van der Waals surface area contributed by atoms with E-state index in [1.807, 2.05) is 13.8 Å². The van der Waals surface area contributed by atoms with Gasteiger partial charge in [-0.3, -0.25) is 28.8 Å². The van der Waals surface area contributed by atoms with Gasteiger partial charge in [0.05, 0.1) is 13.2 Å². The van der Waals surface area contributed by atoms with Gasteiger partial charge in [-0.05, 0) is 17.9 Å². The smallest absolute Gasteiger partial charge is 0.245 e. The number of benzene rings is 1. The van der Waals surface area contributed by atoms with E-state index in [4.69, 9.17) is 0 Å². The fraction of sp³-hybridized carbons (Fsp3) is 0.538. The van der Waals surface area contributed by atoms with Crippen molar-refractivity contribution in [3.05, 3.63) is 35.9 Å². The molecule has 1 aromatic rings. The standard InChI is InChI=1S/C26H37N5O8S/c1-14(2)9-17-22(35)29-18(10-16-7-5-4-6-8-16)26(39)40-13-21(27-15(3)34)25(38)31-20(12-33)24(37)30-19(11-32)23(36)28-17/h4-8,14,17-21,32-33H,9-13H2,1-3H3,(H,27,34)(H,28,36)(H,29,35)(H,30,37)(H,31,38)/t17-,18-,19-,20-,21-/m0/s1. The summed E-state index contributed by atoms with van der Waals surface area (Å²) in [5.41, 5.74) is 0.755. The topological polar surface area (TPSA) is 203 Å². The number of hydrogen-bond acceptors (Lipinski definition) is 9. The molecule has 5 atom stereocenters. The highest BCUT2D eigenvalue weighted by Crippen LogP contribution is 2.15. The number of carbonyl (C=O) groups is 6. The van der Waals surface area contributed by atoms with E-state index in [1.165, 1.54) is 6.92 Å². The highest BCUT2D eigenvalue weighted by Gasteiger charge is 2.34. The molecule has 7 N–H and O–H groups in total. The summed E-state index contributed by atoms with van der Waals surface area (Å²) in [4.78, 5) is 77.0. The highest BCUT2D eigenvalue weighted by molar-refractivity contribution is 8.13. The normalized spacial score (nSPS) is 25.4. The van der Waals surface area contributed by atoms with Crippen LogP contribution in [0.4, 0.5) is 0 Å². The van der Waals surface area contributed by atoms with Crippen molar-refractivity contribution in [1.82, 2.24) is 26.6 Å². The van der Waals surface area contributed by atoms with Gasteiger partial charge in [0.25, 0.3) is 0 Å². The molecular weight excluding hydrogens is 542 g/mol. The van der Waals surface area contributed by atoms with Gasteiger partial charge in [0.2, 0.25) is 34.7 Å². The van der Waals surface area contributed by atoms with Gasteiger partial charge in [-0.1, -0.05) is 55.9 Å². The van der Waals surface area contributed by atoms with Crippen LogP contribution >= 0.6 is 11.8 Å². The van der Waals surface area contributed by atoms with Crippen molar-refractivity contribution in [2.24, 2.45) is 5.92 Å². The fourth-order valence-electron chi connectivity index (χ4n) is 3.92. The Labute approximate surface area is 236 Å². The number of aliphatic hydroxyl groups excluding tert-OH is 2. The molecule has 0 aliphatic carbocycles. The van der Waals surface area contributed by atoms with Crippen LogP contribution in [0.3, 0.4) is 0 Å². The summed E-state index contributed by atoms with van der Waals surface area (Å²) in [6.45, 7) is 3.16. The van der Waals surface area contributed by atoms with Crippen LogP contribution in [0, 0.1) is 5.92 Å². The van der Waals surface area contributed by atoms with E-state index in [0.29, 0.717) is 11.8 Å². The van der Waals surface area contributed by atoms with Gasteiger partial charge in [-0.25, -0.2) is 0 Å². The molecule has 1 aliphatic heterocycles. The third kappa shape index (κ3) is 10.2. The van der Waals surface area contributed by atoms with Crippen molar-refractivity contribution in [3.63, 3.8) is 0 Å². The molecular formula is C26H37N5O8S. The molecule has 13 nitrogen and oxygen atoms in total. The minimum absolute atomic E-state index is 0.0474. The monoisotopic (exact) mass is 579 g/mol. The van der Waals surface area contributed by atoms with Crippen LogP contribution < -0.4 is 26.6 Å². The summed E-state index contributed by atoms with van der Waals surface area (Å²) in [7, 11) is 0. The first kappa shape index (κ1) is 32.7. The second-order valence-electron chi connectivity index (χ2n) is 9.81. The van der Waals surface area contributed by atoms with Crippen molar-refractivity contribution < 1.29 is 39.0 Å². The molecule has 40 heavy (non-hydrogen) atoms. The predicted molar refractivity (Wildman–Crippen MR) is 147 cm³/mol. The number of amides is 5. The lowest BCUT2D eigenvalue weighted by atomic mass is 10.0. The maximum absolute atomic E-state index is 13.4. The first-order valence-electron chi connectivity index (χ1n) is 12.9. The second kappa shape index (κ2) is 15.9. The van der Waals surface area contributed by atoms with Gasteiger partial charge < -0.3 is 36.8 Å². The van der Waals surface area contributed by atoms with E-state index in [-0.39, 0.29) is 24.5 Å². The molecule has 1 saturated heterocycles. The minimum atomic E-state index is -1.53. The maximum Gasteiger partial charge on any atom is 0.245 e. The number of nitrogens with one attached hydrogen (secondary N) is 5. The zero-order valence-electron chi connectivity index (χ0n) is 22.6. The van der Waals surface area contributed by atoms with Crippen molar-refractivity contribution in [2.45, 2.75) is 63.8 Å². The summed E-state index contributed by atoms with van der Waals surface area (Å²) < 4.78 is 0. The molecule has 0 spiro atoms. The number of hydrogen-bond donors (Lipinski definition) is 7. The van der Waals surface area contributed by atoms with E-state index in [1.54, 1.807) is 30.3 Å². The average Bonchev–Trinajstić information content (AvgIpc) is 2.90. The van der Waals surface area contributed by atoms with Crippen molar-refractivity contribution in [1.29, 1.82) is 0 Å². The molecule has 0 aromatic heterocycles. The van der Waals surface area contributed by atoms with Crippen LogP contribution in [0.2, 0.25) is 0 Å². The van der Waals surface area contributed by atoms with Crippen molar-refractivity contribution in [3.8, 4) is 0 Å². The van der Waals surface area contributed by atoms with Crippen LogP contribution in [0.15, 0.2) is 30.3 Å². The van der Waals surface area contributed by atoms with E-state index < -0.39 is 78.1 Å². The zero-order valence-corrected chi connectivity index (χ0v) is 23.5. The first-order chi connectivity index (χ1) is 18.9. The number of thioether (sulfide) groups is 1. The van der Waals surface area contributed by atoms with Crippen LogP contribution in [0.5, 0.6) is 0 Å². The molecule has 0 saturated carbocycles. The van der Waals surface area contributed by atoms with Gasteiger partial charge in [0.1, 0.15) is 30.2 Å². The van der Waals surface area contributed by atoms with Gasteiger partial charge in [-0.2, -0.15) is 0 Å². The van der Waals surface area contributed by atoms with Crippen LogP contribution in [-0.2, 0) is 35.2 Å². The third-order valence-electron chi connectivity index (χ3n) is 5.94. The molecule has 1 heterocycles. The Balaban J connectivity index is 2.47. The van der Waals surface area contributed by atoms with Crippen LogP contribution in [0.1, 0.15) is 32.8 Å². The first-order valence-corrected chi connectivity index (χ1v) is 13.8. The molecule has 1 aromatic carbocycles. The SMILES string of the molecule is CC(=O)N[C@H]1CSC(=O)[C@H](Cc2ccccc2)NC(=O)[C@H](CC(C)C)NC(=O)[C@H](CO)NC(=O)[C@H](CO)NC1=O. The molecule has 0 radical (unpaired) electrons. The zero-order chi connectivity index (χ0) is 29.8. The molecule has 0 unspecified atom stereocenters. The number of aliphatic hydroxyl groups is 2. The van der Waals surface area contributed by atoms with Gasteiger partial charge in [-0.15, -0.1) is 0 Å². The molecule has 1 fully saturated rings. The van der Waals surface area contributed by atoms with Crippen molar-refractivity contribution >= 4 is 46.4 Å². The van der Waals surface area contributed by atoms with Gasteiger partial charge >= 0.3 is 0 Å². The number of carbonyl (C=O) groups excluding carboxylic acids is 6. The Morgan fingerprint density at radius 2 is 1.35 bits per heavy atom. The number of rotatable bonds is 7. The fourth-order valence-corrected chi connectivity index (χ4v) is 4.83. The Morgan fingerprint density at radius 3 is 1.88 bits per heavy atom. The largest absolute Gasteiger partial charge is 0.394 e. The summed E-state index contributed by atoms with van der Waals surface area (Å²) in [6, 6.07) is 2.51. The quantitative estimate of drug-likeness (QED) is 0.190. The van der Waals surface area contributed by atoms with E-state index in [2.05, 4.69) is 26.6 Å². The Kier molecular flexibility index (Phi) is 13.0. The molecule has 14 heteroatoms. The lowest BCUT2D eigenvalue weighted by Crippen LogP contribution is -2.61. The molecule has 2 rings (SSSR count). The Hall–Kier alpha value is -3.49. The van der Waals surface area contributed by atoms with Crippen LogP contribution in [-0.4, -0.2) is 94.0 Å². The Bertz CT molecular complexity index is 1070. The second-order valence-corrected chi connectivity index (χ2v) is 10.8. The molecule has 0 bridgehead atoms. The van der Waals surface area contributed by atoms with Crippen LogP contribution in [0.25, 0.3) is 0 Å². The Morgan fingerprint density at radius 1 is 0.850 bits per heavy atom. The highest BCUT2D eigenvalue weighted by atomic mass is 32.2. The van der Waals surface area contributed by atoms with Gasteiger partial charge in [0.15, 0.2) is 0 Å². The maximum atomic E-state index is 13.4. The van der Waals surface area contributed by atoms with Gasteiger partial charge in [0, 0.05) is 19.1 Å². The summed E-state index contributed by atoms with van der Waals surface area (Å²) >= 11 is 0.712. The predicted octanol–water partition coefficient (Wildman–Crippen LogP) is -2.02.